The second kappa shape index (κ2) is 28.0. The Bertz CT molecular complexity index is 4740. The van der Waals surface area contributed by atoms with E-state index < -0.39 is 0 Å². The molecule has 19 rings (SSSR count). The molecular formula is C80H90Cl2N8O4S4. The molecule has 0 unspecified atom stereocenters. The van der Waals surface area contributed by atoms with E-state index in [1.54, 1.807) is 52.0 Å². The molecule has 0 radical (unpaired) electrons. The van der Waals surface area contributed by atoms with E-state index in [0.717, 1.165) is 140 Å². The minimum absolute atomic E-state index is 0.253. The molecule has 18 heteroatoms. The van der Waals surface area contributed by atoms with Crippen LogP contribution in [-0.2, 0) is 103 Å². The maximum Gasteiger partial charge on any atom is 0.160 e. The third-order valence-electron chi connectivity index (χ3n) is 21.9. The van der Waals surface area contributed by atoms with Gasteiger partial charge in [0.1, 0.15) is 11.5 Å². The molecule has 8 aliphatic heterocycles. The molecule has 98 heavy (non-hydrogen) atoms. The van der Waals surface area contributed by atoms with E-state index in [1.807, 2.05) is 57.5 Å². The predicted octanol–water partition coefficient (Wildman–Crippen LogP) is 17.6. The van der Waals surface area contributed by atoms with Gasteiger partial charge in [0.25, 0.3) is 0 Å². The normalized spacial score (nSPS) is 19.7. The van der Waals surface area contributed by atoms with Gasteiger partial charge in [-0.1, -0.05) is 32.0 Å². The third-order valence-corrected chi connectivity index (χ3v) is 27.2. The first kappa shape index (κ1) is 66.4. The van der Waals surface area contributed by atoms with Gasteiger partial charge < -0.3 is 39.2 Å². The van der Waals surface area contributed by atoms with E-state index in [4.69, 9.17) is 37.4 Å². The van der Waals surface area contributed by atoms with Crippen molar-refractivity contribution in [3.8, 4) is 23.0 Å². The second-order valence-corrected chi connectivity index (χ2v) is 34.4. The summed E-state index contributed by atoms with van der Waals surface area (Å²) in [7, 11) is 9.31. The molecule has 0 spiro atoms. The van der Waals surface area contributed by atoms with Crippen LogP contribution in [0.3, 0.4) is 0 Å². The largest absolute Gasteiger partial charge is 0.504 e. The number of phenols is 1. The number of hydrogen-bond acceptors (Lipinski definition) is 13. The Morgan fingerprint density at radius 3 is 1.40 bits per heavy atom. The zero-order valence-corrected chi connectivity index (χ0v) is 62.3. The van der Waals surface area contributed by atoms with Crippen molar-refractivity contribution in [2.45, 2.75) is 141 Å². The number of H-pyrrole nitrogens is 3. The fourth-order valence-corrected chi connectivity index (χ4v) is 23.1. The lowest BCUT2D eigenvalue weighted by atomic mass is 9.86. The highest BCUT2D eigenvalue weighted by molar-refractivity contribution is 7.13. The van der Waals surface area contributed by atoms with Crippen LogP contribution in [0.1, 0.15) is 144 Å². The molecule has 8 aliphatic rings. The van der Waals surface area contributed by atoms with Crippen molar-refractivity contribution in [1.82, 2.24) is 39.5 Å². The quantitative estimate of drug-likeness (QED) is 0.0941. The Morgan fingerprint density at radius 2 is 0.918 bits per heavy atom. The van der Waals surface area contributed by atoms with Crippen molar-refractivity contribution in [1.29, 1.82) is 0 Å². The van der Waals surface area contributed by atoms with E-state index in [9.17, 15) is 5.11 Å². The molecule has 0 aliphatic carbocycles. The van der Waals surface area contributed by atoms with Crippen LogP contribution in [0.15, 0.2) is 97.1 Å². The van der Waals surface area contributed by atoms with Gasteiger partial charge in [-0.25, -0.2) is 0 Å². The minimum Gasteiger partial charge on any atom is -0.504 e. The zero-order chi connectivity index (χ0) is 67.0. The molecule has 0 fully saturated rings. The predicted molar refractivity (Wildman–Crippen MR) is 407 cm³/mol. The van der Waals surface area contributed by atoms with Gasteiger partial charge >= 0.3 is 0 Å². The average molecular weight is 1430 g/mol. The van der Waals surface area contributed by atoms with Crippen molar-refractivity contribution in [2.24, 2.45) is 5.92 Å². The molecule has 0 amide bonds. The molecule has 0 bridgehead atoms. The number of aryl methyl sites for hydroxylation is 2. The first-order valence-corrected chi connectivity index (χ1v) is 39.6. The maximum absolute atomic E-state index is 10.2. The topological polar surface area (TPSA) is 111 Å². The molecule has 4 atom stereocenters. The number of methoxy groups -OCH3 is 3. The molecule has 15 heterocycles. The summed E-state index contributed by atoms with van der Waals surface area (Å²) in [6.07, 6.45) is 12.1. The number of thiophene rings is 4. The number of ether oxygens (including phenoxy) is 3. The first-order chi connectivity index (χ1) is 47.8. The number of phenolic OH excluding ortho intramolecular Hbond substituents is 1. The molecule has 0 saturated carbocycles. The lowest BCUT2D eigenvalue weighted by molar-refractivity contribution is 0.160. The summed E-state index contributed by atoms with van der Waals surface area (Å²) in [5.41, 5.74) is 21.3. The number of aromatic amines is 3. The maximum atomic E-state index is 10.2. The molecular weight excluding hydrogens is 1340 g/mol. The number of halogens is 2. The van der Waals surface area contributed by atoms with Crippen molar-refractivity contribution in [2.75, 3.05) is 73.4 Å². The van der Waals surface area contributed by atoms with Crippen LogP contribution in [0, 0.1) is 5.92 Å². The molecule has 11 aromatic rings. The third kappa shape index (κ3) is 12.9. The Balaban J connectivity index is 0.000000102. The van der Waals surface area contributed by atoms with Gasteiger partial charge in [-0.2, -0.15) is 0 Å². The van der Waals surface area contributed by atoms with E-state index in [2.05, 4.69) is 152 Å². The number of nitrogens with zero attached hydrogens (tertiary/aromatic N) is 5. The Kier molecular flexibility index (Phi) is 19.0. The highest BCUT2D eigenvalue weighted by Gasteiger charge is 2.40. The summed E-state index contributed by atoms with van der Waals surface area (Å²) < 4.78 is 16.1. The number of para-hydroxylation sites is 1. The van der Waals surface area contributed by atoms with E-state index in [-0.39, 0.29) is 5.75 Å². The molecule has 12 nitrogen and oxygen atoms in total. The van der Waals surface area contributed by atoms with Crippen LogP contribution in [0.2, 0.25) is 0 Å². The van der Waals surface area contributed by atoms with Crippen LogP contribution in [-0.4, -0.2) is 118 Å². The Morgan fingerprint density at radius 1 is 0.490 bits per heavy atom. The summed E-state index contributed by atoms with van der Waals surface area (Å²) in [5, 5.41) is 14.4. The fourth-order valence-electron chi connectivity index (χ4n) is 17.3. The van der Waals surface area contributed by atoms with Crippen LogP contribution in [0.25, 0.3) is 32.7 Å². The number of alkyl halides is 2. The highest BCUT2D eigenvalue weighted by Crippen LogP contribution is 2.49. The number of aromatic nitrogens is 3. The van der Waals surface area contributed by atoms with Gasteiger partial charge in [0, 0.05) is 203 Å². The number of aromatic hydroxyl groups is 1. The summed E-state index contributed by atoms with van der Waals surface area (Å²) in [5.74, 6) is 4.84. The number of nitrogens with one attached hydrogen (secondary N) is 3. The highest BCUT2D eigenvalue weighted by atomic mass is 35.5. The van der Waals surface area contributed by atoms with E-state index in [0.29, 0.717) is 35.8 Å². The standard InChI is InChI=1S/C22H26N2OS.C20H21ClN2OS.C19H19ClN2S.C19H24N2O2S/c1-13(2)8-16-9-14-12-24-7-6-18-17-5-4-15(25-3)10-19(17)23-22(18)20(24)11-21(14)26-16;1-24-13-2-3-15-16-5-7-23-11-12-8-14(4-6-21)25-19(12)10-18(23)20(16)22-17(15)9-13;20-7-5-13-9-12-11-22-8-6-15-14-3-1-2-4-16(14)21-19(15)17(22)10-18(12)23-13;1-20(2)11-14-6-13-10-21-5-4-12-7-18(23-3)17(22)8-15(12)16(21)9-19(13)24-14/h4-5,9-10,13,20,23H,6-8,11-12H2,1-3H3;2-3,8-9,18,22H,4-7,10-11H2,1H3;1-4,9,17,21H,5-8,10-11H2;6-8,16,22H,4-5,9-11H2,1-3H3/t20-;18-;17-;16-/m0000/s1. The number of rotatable bonds is 11. The smallest absolute Gasteiger partial charge is 0.160 e. The fraction of sp³-hybridized carbons (Fsp3) is 0.425. The van der Waals surface area contributed by atoms with Crippen LogP contribution >= 0.6 is 68.5 Å². The van der Waals surface area contributed by atoms with Crippen molar-refractivity contribution in [3.63, 3.8) is 0 Å². The van der Waals surface area contributed by atoms with Gasteiger partial charge in [-0.05, 0) is 182 Å². The van der Waals surface area contributed by atoms with Gasteiger partial charge in [0.15, 0.2) is 11.5 Å². The summed E-state index contributed by atoms with van der Waals surface area (Å²) in [6, 6.07) is 37.0. The minimum atomic E-state index is 0.253. The molecule has 512 valence electrons. The first-order valence-electron chi connectivity index (χ1n) is 35.3. The number of fused-ring (bicyclic) bond motifs is 22. The second-order valence-electron chi connectivity index (χ2n) is 28.8. The zero-order valence-electron chi connectivity index (χ0n) is 57.5. The molecule has 7 aromatic heterocycles. The van der Waals surface area contributed by atoms with Crippen molar-refractivity contribution < 1.29 is 19.3 Å². The molecule has 4 N–H and O–H groups in total. The van der Waals surface area contributed by atoms with Crippen LogP contribution in [0.5, 0.6) is 23.0 Å². The van der Waals surface area contributed by atoms with Gasteiger partial charge in [-0.15, -0.1) is 68.5 Å². The summed E-state index contributed by atoms with van der Waals surface area (Å²) in [4.78, 5) is 36.0. The Hall–Kier alpha value is -6.12. The molecule has 4 aromatic carbocycles. The van der Waals surface area contributed by atoms with E-state index >= 15 is 0 Å². The Labute approximate surface area is 602 Å². The summed E-state index contributed by atoms with van der Waals surface area (Å²) >= 11 is 19.8. The average Bonchev–Trinajstić information content (AvgIpc) is 1.57. The number of hydrogen-bond donors (Lipinski definition) is 4. The monoisotopic (exact) mass is 1420 g/mol. The lowest BCUT2D eigenvalue weighted by Crippen LogP contribution is -2.38. The van der Waals surface area contributed by atoms with Gasteiger partial charge in [0.05, 0.1) is 39.5 Å². The summed E-state index contributed by atoms with van der Waals surface area (Å²) in [6.45, 7) is 14.5. The van der Waals surface area contributed by atoms with E-state index in [1.165, 1.54) is 121 Å². The van der Waals surface area contributed by atoms with Crippen LogP contribution in [0.4, 0.5) is 0 Å². The molecule has 0 saturated heterocycles. The van der Waals surface area contributed by atoms with Crippen molar-refractivity contribution in [3.05, 3.63) is 203 Å². The lowest BCUT2D eigenvalue weighted by Gasteiger charge is -2.40. The van der Waals surface area contributed by atoms with Gasteiger partial charge in [0.2, 0.25) is 0 Å². The number of benzene rings is 4. The van der Waals surface area contributed by atoms with Crippen molar-refractivity contribution >= 4 is 101 Å². The SMILES string of the molecule is COc1cc2c(cc1O)[C@@H]1Cc3sc(CN(C)C)cc3CN1CC2.COc1ccc2c3c([nH]c2c1)[C@@H]1Cc2sc(CC(C)C)cc2CN1CC3.COc1ccc2c3c([nH]c2c1)[C@@H]1Cc2sc(CCCl)cc2CN1CC3.ClCCc1cc2c(s1)C[C@H]1c3[nH]c4ccccc4c3CCN1C2. The van der Waals surface area contributed by atoms with Crippen LogP contribution < -0.4 is 14.2 Å². The van der Waals surface area contributed by atoms with Gasteiger partial charge in [-0.3, -0.25) is 19.6 Å².